The summed E-state index contributed by atoms with van der Waals surface area (Å²) in [7, 11) is 1.71. The Kier molecular flexibility index (Phi) is 9.44. The highest BCUT2D eigenvalue weighted by molar-refractivity contribution is 14.0. The second kappa shape index (κ2) is 11.8. The highest BCUT2D eigenvalue weighted by Crippen LogP contribution is 2.15. The van der Waals surface area contributed by atoms with Gasteiger partial charge in [-0.1, -0.05) is 24.3 Å². The number of nitro benzene ring substituents is 1. The van der Waals surface area contributed by atoms with Gasteiger partial charge < -0.3 is 10.6 Å². The number of hydrogen-bond donors (Lipinski definition) is 2. The predicted molar refractivity (Wildman–Crippen MR) is 127 cm³/mol. The van der Waals surface area contributed by atoms with Crippen LogP contribution in [0.25, 0.3) is 0 Å². The van der Waals surface area contributed by atoms with E-state index in [0.717, 1.165) is 43.6 Å². The third kappa shape index (κ3) is 7.21. The molecule has 0 spiro atoms. The lowest BCUT2D eigenvalue weighted by Gasteiger charge is -2.33. The van der Waals surface area contributed by atoms with Crippen LogP contribution in [-0.2, 0) is 13.1 Å². The maximum atomic E-state index is 13.0. The van der Waals surface area contributed by atoms with Crippen LogP contribution in [0.2, 0.25) is 0 Å². The van der Waals surface area contributed by atoms with Crippen LogP contribution in [0.4, 0.5) is 10.1 Å². The Morgan fingerprint density at radius 1 is 1.20 bits per heavy atom. The molecule has 30 heavy (non-hydrogen) atoms. The monoisotopic (exact) mass is 527 g/mol. The molecule has 1 heterocycles. The van der Waals surface area contributed by atoms with Gasteiger partial charge in [0.2, 0.25) is 0 Å². The Morgan fingerprint density at radius 2 is 1.90 bits per heavy atom. The second-order valence-corrected chi connectivity index (χ2v) is 7.17. The number of benzene rings is 2. The van der Waals surface area contributed by atoms with Crippen LogP contribution in [0.5, 0.6) is 0 Å². The normalized spacial score (nSPS) is 15.3. The number of halogens is 2. The summed E-state index contributed by atoms with van der Waals surface area (Å²) >= 11 is 0. The first-order valence-corrected chi connectivity index (χ1v) is 9.71. The highest BCUT2D eigenvalue weighted by Gasteiger charge is 2.20. The van der Waals surface area contributed by atoms with E-state index in [1.54, 1.807) is 19.2 Å². The molecule has 0 aliphatic carbocycles. The van der Waals surface area contributed by atoms with Gasteiger partial charge >= 0.3 is 0 Å². The van der Waals surface area contributed by atoms with Crippen molar-refractivity contribution in [3.63, 3.8) is 0 Å². The standard InChI is InChI=1S/C21H26FN5O2.HI/c1-23-21(24-14-17-3-2-4-20(13-17)27(28)29)25-19-9-11-26(12-10-19)15-16-5-7-18(22)8-6-16;/h2-8,13,19H,9-12,14-15H2,1H3,(H2,23,24,25);1H. The number of piperidine rings is 1. The zero-order valence-corrected chi connectivity index (χ0v) is 19.2. The van der Waals surface area contributed by atoms with Gasteiger partial charge in [-0.05, 0) is 36.1 Å². The summed E-state index contributed by atoms with van der Waals surface area (Å²) in [5.41, 5.74) is 2.03. The molecule has 0 radical (unpaired) electrons. The summed E-state index contributed by atoms with van der Waals surface area (Å²) < 4.78 is 13.0. The quantitative estimate of drug-likeness (QED) is 0.197. The molecule has 0 aromatic heterocycles. The van der Waals surface area contributed by atoms with Crippen molar-refractivity contribution in [2.24, 2.45) is 4.99 Å². The van der Waals surface area contributed by atoms with Crippen LogP contribution < -0.4 is 10.6 Å². The van der Waals surface area contributed by atoms with Crippen molar-refractivity contribution >= 4 is 35.6 Å². The van der Waals surface area contributed by atoms with Crippen molar-refractivity contribution in [3.8, 4) is 0 Å². The molecule has 9 heteroatoms. The maximum Gasteiger partial charge on any atom is 0.269 e. The van der Waals surface area contributed by atoms with Crippen LogP contribution in [-0.4, -0.2) is 42.0 Å². The fourth-order valence-electron chi connectivity index (χ4n) is 3.44. The topological polar surface area (TPSA) is 82.8 Å². The molecule has 3 rings (SSSR count). The van der Waals surface area contributed by atoms with E-state index in [1.165, 1.54) is 18.2 Å². The minimum absolute atomic E-state index is 0. The Bertz CT molecular complexity index is 855. The summed E-state index contributed by atoms with van der Waals surface area (Å²) in [5.74, 6) is 0.481. The van der Waals surface area contributed by atoms with E-state index in [2.05, 4.69) is 20.5 Å². The first-order valence-electron chi connectivity index (χ1n) is 9.71. The van der Waals surface area contributed by atoms with Gasteiger partial charge in [-0.25, -0.2) is 4.39 Å². The third-order valence-corrected chi connectivity index (χ3v) is 5.05. The molecule has 0 amide bonds. The molecule has 1 aliphatic heterocycles. The third-order valence-electron chi connectivity index (χ3n) is 5.05. The van der Waals surface area contributed by atoms with E-state index in [0.29, 0.717) is 18.5 Å². The fraction of sp³-hybridized carbons (Fsp3) is 0.381. The molecule has 1 fully saturated rings. The van der Waals surface area contributed by atoms with Crippen LogP contribution in [0.1, 0.15) is 24.0 Å². The van der Waals surface area contributed by atoms with Crippen molar-refractivity contribution in [1.82, 2.24) is 15.5 Å². The number of rotatable bonds is 6. The fourth-order valence-corrected chi connectivity index (χ4v) is 3.44. The Labute approximate surface area is 192 Å². The van der Waals surface area contributed by atoms with Gasteiger partial charge in [-0.15, -0.1) is 24.0 Å². The number of nitrogens with zero attached hydrogens (tertiary/aromatic N) is 3. The van der Waals surface area contributed by atoms with Crippen LogP contribution in [0.3, 0.4) is 0 Å². The second-order valence-electron chi connectivity index (χ2n) is 7.17. The molecule has 2 aromatic rings. The van der Waals surface area contributed by atoms with Gasteiger partial charge in [0.15, 0.2) is 5.96 Å². The molecular weight excluding hydrogens is 500 g/mol. The number of nitrogens with one attached hydrogen (secondary N) is 2. The smallest absolute Gasteiger partial charge is 0.269 e. The Balaban J connectivity index is 0.00000320. The van der Waals surface area contributed by atoms with Crippen LogP contribution in [0.15, 0.2) is 53.5 Å². The molecule has 1 aliphatic rings. The molecule has 1 saturated heterocycles. The average Bonchev–Trinajstić information content (AvgIpc) is 2.74. The van der Waals surface area contributed by atoms with E-state index >= 15 is 0 Å². The minimum Gasteiger partial charge on any atom is -0.354 e. The van der Waals surface area contributed by atoms with Gasteiger partial charge in [0, 0.05) is 51.4 Å². The van der Waals surface area contributed by atoms with Crippen molar-refractivity contribution in [2.45, 2.75) is 32.0 Å². The number of guanidine groups is 1. The molecule has 0 bridgehead atoms. The van der Waals surface area contributed by atoms with Crippen LogP contribution >= 0.6 is 24.0 Å². The largest absolute Gasteiger partial charge is 0.354 e. The number of hydrogen-bond acceptors (Lipinski definition) is 4. The first-order chi connectivity index (χ1) is 14.0. The zero-order valence-electron chi connectivity index (χ0n) is 16.9. The lowest BCUT2D eigenvalue weighted by molar-refractivity contribution is -0.384. The van der Waals surface area contributed by atoms with Gasteiger partial charge in [-0.2, -0.15) is 0 Å². The van der Waals surface area contributed by atoms with Gasteiger partial charge in [0.05, 0.1) is 4.92 Å². The number of non-ortho nitro benzene ring substituents is 1. The molecular formula is C21H27FIN5O2. The summed E-state index contributed by atoms with van der Waals surface area (Å²) in [6.07, 6.45) is 1.97. The lowest BCUT2D eigenvalue weighted by atomic mass is 10.0. The van der Waals surface area contributed by atoms with E-state index in [4.69, 9.17) is 0 Å². The summed E-state index contributed by atoms with van der Waals surface area (Å²) in [4.78, 5) is 17.1. The van der Waals surface area contributed by atoms with Crippen molar-refractivity contribution in [2.75, 3.05) is 20.1 Å². The summed E-state index contributed by atoms with van der Waals surface area (Å²) in [6, 6.07) is 13.6. The molecule has 0 unspecified atom stereocenters. The predicted octanol–water partition coefficient (Wildman–Crippen LogP) is 3.68. The van der Waals surface area contributed by atoms with Crippen molar-refractivity contribution < 1.29 is 9.31 Å². The minimum atomic E-state index is -0.393. The lowest BCUT2D eigenvalue weighted by Crippen LogP contribution is -2.48. The van der Waals surface area contributed by atoms with Crippen molar-refractivity contribution in [1.29, 1.82) is 0 Å². The van der Waals surface area contributed by atoms with Gasteiger partial charge in [0.1, 0.15) is 5.82 Å². The van der Waals surface area contributed by atoms with E-state index in [-0.39, 0.29) is 35.5 Å². The van der Waals surface area contributed by atoms with E-state index in [9.17, 15) is 14.5 Å². The summed E-state index contributed by atoms with van der Waals surface area (Å²) in [6.45, 7) is 3.20. The summed E-state index contributed by atoms with van der Waals surface area (Å²) in [5, 5.41) is 17.6. The highest BCUT2D eigenvalue weighted by atomic mass is 127. The number of aliphatic imine (C=N–C) groups is 1. The molecule has 162 valence electrons. The van der Waals surface area contributed by atoms with Crippen molar-refractivity contribution in [3.05, 3.63) is 75.6 Å². The molecule has 0 saturated carbocycles. The van der Waals surface area contributed by atoms with E-state index < -0.39 is 4.92 Å². The molecule has 0 atom stereocenters. The SMILES string of the molecule is CN=C(NCc1cccc([N+](=O)[O-])c1)NC1CCN(Cc2ccc(F)cc2)CC1.I. The molecule has 2 N–H and O–H groups in total. The number of likely N-dealkylation sites (tertiary alicyclic amines) is 1. The van der Waals surface area contributed by atoms with Gasteiger partial charge in [0.25, 0.3) is 5.69 Å². The molecule has 2 aromatic carbocycles. The Morgan fingerprint density at radius 3 is 2.53 bits per heavy atom. The molecule has 7 nitrogen and oxygen atoms in total. The zero-order chi connectivity index (χ0) is 20.6. The Hall–Kier alpha value is -2.27. The first kappa shape index (κ1) is 24.0. The van der Waals surface area contributed by atoms with E-state index in [1.807, 2.05) is 18.2 Å². The average molecular weight is 527 g/mol. The number of nitro groups is 1. The van der Waals surface area contributed by atoms with Crippen LogP contribution in [0, 0.1) is 15.9 Å². The van der Waals surface area contributed by atoms with Gasteiger partial charge in [-0.3, -0.25) is 20.0 Å². The maximum absolute atomic E-state index is 13.0.